The smallest absolute Gasteiger partial charge is 0.242 e. The SMILES string of the molecule is CNC(=O)C(C)NC(=O)[C@H]1CCCNC1. The molecule has 1 rings (SSSR count). The molecule has 1 unspecified atom stereocenters. The van der Waals surface area contributed by atoms with Crippen molar-refractivity contribution in [2.75, 3.05) is 20.1 Å². The zero-order valence-corrected chi connectivity index (χ0v) is 9.30. The van der Waals surface area contributed by atoms with Crippen molar-refractivity contribution in [1.82, 2.24) is 16.0 Å². The van der Waals surface area contributed by atoms with Gasteiger partial charge in [0.2, 0.25) is 11.8 Å². The highest BCUT2D eigenvalue weighted by molar-refractivity contribution is 5.88. The van der Waals surface area contributed by atoms with Crippen LogP contribution >= 0.6 is 0 Å². The van der Waals surface area contributed by atoms with Gasteiger partial charge < -0.3 is 16.0 Å². The van der Waals surface area contributed by atoms with Crippen LogP contribution in [0.25, 0.3) is 0 Å². The number of hydrogen-bond acceptors (Lipinski definition) is 3. The lowest BCUT2D eigenvalue weighted by Gasteiger charge is -2.23. The van der Waals surface area contributed by atoms with Gasteiger partial charge in [-0.15, -0.1) is 0 Å². The van der Waals surface area contributed by atoms with Gasteiger partial charge in [-0.25, -0.2) is 0 Å². The molecular weight excluding hydrogens is 194 g/mol. The number of rotatable bonds is 3. The molecule has 3 N–H and O–H groups in total. The highest BCUT2D eigenvalue weighted by atomic mass is 16.2. The summed E-state index contributed by atoms with van der Waals surface area (Å²) in [7, 11) is 1.56. The lowest BCUT2D eigenvalue weighted by molar-refractivity contribution is -0.130. The summed E-state index contributed by atoms with van der Waals surface area (Å²) in [5.41, 5.74) is 0. The lowest BCUT2D eigenvalue weighted by Crippen LogP contribution is -2.48. The molecule has 0 radical (unpaired) electrons. The molecule has 0 aromatic rings. The van der Waals surface area contributed by atoms with Crippen LogP contribution in [-0.2, 0) is 9.59 Å². The average molecular weight is 213 g/mol. The number of amides is 2. The van der Waals surface area contributed by atoms with Crippen molar-refractivity contribution in [2.45, 2.75) is 25.8 Å². The zero-order valence-electron chi connectivity index (χ0n) is 9.30. The van der Waals surface area contributed by atoms with E-state index in [1.807, 2.05) is 0 Å². The summed E-state index contributed by atoms with van der Waals surface area (Å²) in [6.07, 6.45) is 1.92. The zero-order chi connectivity index (χ0) is 11.3. The monoisotopic (exact) mass is 213 g/mol. The average Bonchev–Trinajstić information content (AvgIpc) is 2.29. The minimum atomic E-state index is -0.454. The molecule has 0 saturated carbocycles. The summed E-state index contributed by atoms with van der Waals surface area (Å²) in [6, 6.07) is -0.454. The van der Waals surface area contributed by atoms with E-state index < -0.39 is 6.04 Å². The summed E-state index contributed by atoms with van der Waals surface area (Å²) in [6.45, 7) is 3.38. The fraction of sp³-hybridized carbons (Fsp3) is 0.800. The molecule has 0 aromatic carbocycles. The lowest BCUT2D eigenvalue weighted by atomic mass is 9.98. The fourth-order valence-corrected chi connectivity index (χ4v) is 1.69. The molecule has 5 heteroatoms. The third kappa shape index (κ3) is 3.51. The number of hydrogen-bond donors (Lipinski definition) is 3. The number of likely N-dealkylation sites (N-methyl/N-ethyl adjacent to an activating group) is 1. The molecule has 1 aliphatic rings. The number of carbonyl (C=O) groups is 2. The first-order chi connectivity index (χ1) is 7.15. The summed E-state index contributed by atoms with van der Waals surface area (Å²) < 4.78 is 0. The Hall–Kier alpha value is -1.10. The first-order valence-corrected chi connectivity index (χ1v) is 5.38. The Morgan fingerprint density at radius 1 is 1.47 bits per heavy atom. The Morgan fingerprint density at radius 3 is 2.73 bits per heavy atom. The van der Waals surface area contributed by atoms with Gasteiger partial charge in [-0.2, -0.15) is 0 Å². The van der Waals surface area contributed by atoms with Crippen LogP contribution in [0.2, 0.25) is 0 Å². The second-order valence-electron chi connectivity index (χ2n) is 3.89. The molecule has 86 valence electrons. The van der Waals surface area contributed by atoms with E-state index in [2.05, 4.69) is 16.0 Å². The van der Waals surface area contributed by atoms with E-state index in [0.29, 0.717) is 6.54 Å². The van der Waals surface area contributed by atoms with Gasteiger partial charge in [-0.05, 0) is 26.3 Å². The van der Waals surface area contributed by atoms with Crippen molar-refractivity contribution >= 4 is 11.8 Å². The quantitative estimate of drug-likeness (QED) is 0.577. The summed E-state index contributed by atoms with van der Waals surface area (Å²) in [5.74, 6) is -0.184. The third-order valence-corrected chi connectivity index (χ3v) is 2.67. The van der Waals surface area contributed by atoms with E-state index in [1.165, 1.54) is 0 Å². The maximum Gasteiger partial charge on any atom is 0.242 e. The van der Waals surface area contributed by atoms with Gasteiger partial charge in [0.25, 0.3) is 0 Å². The second kappa shape index (κ2) is 5.70. The minimum Gasteiger partial charge on any atom is -0.357 e. The van der Waals surface area contributed by atoms with Gasteiger partial charge in [0, 0.05) is 13.6 Å². The first kappa shape index (κ1) is 12.0. The Balaban J connectivity index is 2.36. The molecule has 2 atom stereocenters. The molecule has 5 nitrogen and oxygen atoms in total. The van der Waals surface area contributed by atoms with Gasteiger partial charge in [0.05, 0.1) is 5.92 Å². The van der Waals surface area contributed by atoms with Crippen LogP contribution in [0, 0.1) is 5.92 Å². The molecule has 1 heterocycles. The summed E-state index contributed by atoms with van der Waals surface area (Å²) in [5, 5.41) is 8.38. The molecule has 1 fully saturated rings. The number of carbonyl (C=O) groups excluding carboxylic acids is 2. The predicted octanol–water partition coefficient (Wildman–Crippen LogP) is -0.763. The van der Waals surface area contributed by atoms with Crippen molar-refractivity contribution in [3.05, 3.63) is 0 Å². The van der Waals surface area contributed by atoms with Crippen molar-refractivity contribution in [3.63, 3.8) is 0 Å². The molecule has 1 saturated heterocycles. The first-order valence-electron chi connectivity index (χ1n) is 5.38. The summed E-state index contributed by atoms with van der Waals surface area (Å²) in [4.78, 5) is 22.9. The molecule has 15 heavy (non-hydrogen) atoms. The fourth-order valence-electron chi connectivity index (χ4n) is 1.69. The van der Waals surface area contributed by atoms with Gasteiger partial charge in [0.1, 0.15) is 6.04 Å². The van der Waals surface area contributed by atoms with Crippen molar-refractivity contribution in [2.24, 2.45) is 5.92 Å². The third-order valence-electron chi connectivity index (χ3n) is 2.67. The van der Waals surface area contributed by atoms with Crippen LogP contribution in [-0.4, -0.2) is 38.0 Å². The molecule has 0 spiro atoms. The molecule has 0 aliphatic carbocycles. The standard InChI is InChI=1S/C10H19N3O2/c1-7(9(14)11-2)13-10(15)8-4-3-5-12-6-8/h7-8,12H,3-6H2,1-2H3,(H,11,14)(H,13,15)/t7?,8-/m0/s1. The van der Waals surface area contributed by atoms with Crippen LogP contribution in [0.4, 0.5) is 0 Å². The van der Waals surface area contributed by atoms with Crippen molar-refractivity contribution in [3.8, 4) is 0 Å². The van der Waals surface area contributed by atoms with E-state index in [1.54, 1.807) is 14.0 Å². The maximum absolute atomic E-state index is 11.7. The molecule has 0 aromatic heterocycles. The largest absolute Gasteiger partial charge is 0.357 e. The minimum absolute atomic E-state index is 0.00542. The van der Waals surface area contributed by atoms with Crippen LogP contribution in [0.5, 0.6) is 0 Å². The van der Waals surface area contributed by atoms with E-state index >= 15 is 0 Å². The van der Waals surface area contributed by atoms with Crippen molar-refractivity contribution < 1.29 is 9.59 Å². The number of nitrogens with one attached hydrogen (secondary N) is 3. The normalized spacial score (nSPS) is 22.9. The highest BCUT2D eigenvalue weighted by Crippen LogP contribution is 2.09. The van der Waals surface area contributed by atoms with E-state index in [4.69, 9.17) is 0 Å². The Bertz CT molecular complexity index is 237. The molecule has 2 amide bonds. The Morgan fingerprint density at radius 2 is 2.20 bits per heavy atom. The van der Waals surface area contributed by atoms with Crippen LogP contribution in [0.3, 0.4) is 0 Å². The Kier molecular flexibility index (Phi) is 4.55. The Labute approximate surface area is 90.0 Å². The highest BCUT2D eigenvalue weighted by Gasteiger charge is 2.23. The molecule has 0 bridgehead atoms. The summed E-state index contributed by atoms with van der Waals surface area (Å²) >= 11 is 0. The van der Waals surface area contributed by atoms with Gasteiger partial charge >= 0.3 is 0 Å². The molecular formula is C10H19N3O2. The topological polar surface area (TPSA) is 70.2 Å². The number of piperidine rings is 1. The van der Waals surface area contributed by atoms with Crippen LogP contribution in [0.1, 0.15) is 19.8 Å². The van der Waals surface area contributed by atoms with Crippen LogP contribution in [0.15, 0.2) is 0 Å². The van der Waals surface area contributed by atoms with Gasteiger partial charge in [-0.1, -0.05) is 0 Å². The maximum atomic E-state index is 11.7. The van der Waals surface area contributed by atoms with Crippen LogP contribution < -0.4 is 16.0 Å². The van der Waals surface area contributed by atoms with Gasteiger partial charge in [-0.3, -0.25) is 9.59 Å². The van der Waals surface area contributed by atoms with E-state index in [9.17, 15) is 9.59 Å². The van der Waals surface area contributed by atoms with Gasteiger partial charge in [0.15, 0.2) is 0 Å². The van der Waals surface area contributed by atoms with E-state index in [0.717, 1.165) is 19.4 Å². The van der Waals surface area contributed by atoms with E-state index in [-0.39, 0.29) is 17.7 Å². The van der Waals surface area contributed by atoms with Crippen molar-refractivity contribution in [1.29, 1.82) is 0 Å². The second-order valence-corrected chi connectivity index (χ2v) is 3.89. The predicted molar refractivity (Wildman–Crippen MR) is 57.3 cm³/mol. The molecule has 1 aliphatic heterocycles.